The number of rotatable bonds is 4. The van der Waals surface area contributed by atoms with E-state index in [2.05, 4.69) is 47.5 Å². The van der Waals surface area contributed by atoms with Crippen molar-refractivity contribution in [2.24, 2.45) is 0 Å². The number of hydrogen-bond donors (Lipinski definition) is 1. The highest BCUT2D eigenvalue weighted by atomic mass is 35.5. The van der Waals surface area contributed by atoms with Crippen LogP contribution in [0, 0.1) is 0 Å². The summed E-state index contributed by atoms with van der Waals surface area (Å²) in [6, 6.07) is 17.0. The van der Waals surface area contributed by atoms with E-state index in [4.69, 9.17) is 16.3 Å². The van der Waals surface area contributed by atoms with Crippen LogP contribution >= 0.6 is 11.6 Å². The fraction of sp³-hybridized carbons (Fsp3) is 0.429. The molecule has 2 aliphatic rings. The Kier molecular flexibility index (Phi) is 4.72. The highest BCUT2D eigenvalue weighted by Crippen LogP contribution is 2.44. The summed E-state index contributed by atoms with van der Waals surface area (Å²) in [6.45, 7) is 6.15. The summed E-state index contributed by atoms with van der Waals surface area (Å²) >= 11 is 6.22. The van der Waals surface area contributed by atoms with Crippen LogP contribution in [0.3, 0.4) is 0 Å². The molecule has 2 aliphatic heterocycles. The van der Waals surface area contributed by atoms with E-state index < -0.39 is 0 Å². The molecule has 0 aliphatic carbocycles. The third kappa shape index (κ3) is 3.55. The fourth-order valence-corrected chi connectivity index (χ4v) is 4.40. The highest BCUT2D eigenvalue weighted by molar-refractivity contribution is 6.30. The van der Waals surface area contributed by atoms with Gasteiger partial charge in [0, 0.05) is 49.1 Å². The van der Waals surface area contributed by atoms with Crippen molar-refractivity contribution >= 4 is 11.6 Å². The third-order valence-corrected chi connectivity index (χ3v) is 5.58. The second-order valence-corrected chi connectivity index (χ2v) is 7.66. The van der Waals surface area contributed by atoms with Crippen LogP contribution in [0.15, 0.2) is 48.5 Å². The largest absolute Gasteiger partial charge is 0.485 e. The molecule has 1 saturated heterocycles. The van der Waals surface area contributed by atoms with Crippen molar-refractivity contribution in [3.8, 4) is 5.75 Å². The Morgan fingerprint density at radius 1 is 1.24 bits per heavy atom. The highest BCUT2D eigenvalue weighted by Gasteiger charge is 2.45. The Morgan fingerprint density at radius 2 is 2.08 bits per heavy atom. The van der Waals surface area contributed by atoms with E-state index in [0.29, 0.717) is 6.04 Å². The lowest BCUT2D eigenvalue weighted by atomic mass is 9.86. The van der Waals surface area contributed by atoms with Gasteiger partial charge in [0.25, 0.3) is 0 Å². The minimum atomic E-state index is -0.0948. The lowest BCUT2D eigenvalue weighted by molar-refractivity contribution is 0.0380. The first-order valence-corrected chi connectivity index (χ1v) is 9.53. The maximum atomic E-state index is 6.54. The number of benzene rings is 2. The average Bonchev–Trinajstić information content (AvgIpc) is 2.99. The van der Waals surface area contributed by atoms with Gasteiger partial charge in [-0.05, 0) is 30.3 Å². The topological polar surface area (TPSA) is 24.5 Å². The molecule has 0 bridgehead atoms. The molecule has 1 spiro atoms. The summed E-state index contributed by atoms with van der Waals surface area (Å²) in [7, 11) is 0. The molecule has 4 heteroatoms. The fourth-order valence-electron chi connectivity index (χ4n) is 4.22. The van der Waals surface area contributed by atoms with Crippen LogP contribution in [-0.2, 0) is 6.54 Å². The molecule has 2 aromatic carbocycles. The Morgan fingerprint density at radius 3 is 2.88 bits per heavy atom. The molecule has 4 rings (SSSR count). The van der Waals surface area contributed by atoms with Crippen LogP contribution in [0.4, 0.5) is 0 Å². The molecule has 132 valence electrons. The summed E-state index contributed by atoms with van der Waals surface area (Å²) in [5, 5.41) is 4.40. The first kappa shape index (κ1) is 16.9. The van der Waals surface area contributed by atoms with Gasteiger partial charge >= 0.3 is 0 Å². The summed E-state index contributed by atoms with van der Waals surface area (Å²) in [5.74, 6) is 0.989. The molecular weight excluding hydrogens is 332 g/mol. The Balaban J connectivity index is 1.54. The summed E-state index contributed by atoms with van der Waals surface area (Å²) in [5.41, 5.74) is 2.47. The van der Waals surface area contributed by atoms with Crippen LogP contribution in [-0.4, -0.2) is 30.1 Å². The molecule has 2 unspecified atom stereocenters. The monoisotopic (exact) mass is 356 g/mol. The lowest BCUT2D eigenvalue weighted by Crippen LogP contribution is -2.46. The molecule has 0 aromatic heterocycles. The predicted octanol–water partition coefficient (Wildman–Crippen LogP) is 4.42. The van der Waals surface area contributed by atoms with E-state index in [9.17, 15) is 0 Å². The molecule has 3 nitrogen and oxygen atoms in total. The zero-order chi connectivity index (χ0) is 17.3. The average molecular weight is 357 g/mol. The number of nitrogens with one attached hydrogen (secondary N) is 1. The second-order valence-electron chi connectivity index (χ2n) is 7.23. The van der Waals surface area contributed by atoms with Gasteiger partial charge in [-0.2, -0.15) is 0 Å². The van der Waals surface area contributed by atoms with Crippen LogP contribution in [0.25, 0.3) is 0 Å². The molecule has 0 amide bonds. The number of ether oxygens (including phenoxy) is 1. The van der Waals surface area contributed by atoms with Crippen LogP contribution in [0.2, 0.25) is 5.02 Å². The maximum Gasteiger partial charge on any atom is 0.125 e. The van der Waals surface area contributed by atoms with Crippen LogP contribution in [0.1, 0.15) is 36.9 Å². The minimum absolute atomic E-state index is 0.0948. The Bertz CT molecular complexity index is 736. The van der Waals surface area contributed by atoms with Crippen LogP contribution < -0.4 is 10.1 Å². The van der Waals surface area contributed by atoms with E-state index in [-0.39, 0.29) is 5.60 Å². The van der Waals surface area contributed by atoms with Crippen molar-refractivity contribution in [1.29, 1.82) is 0 Å². The lowest BCUT2D eigenvalue weighted by Gasteiger charge is -2.40. The van der Waals surface area contributed by atoms with Gasteiger partial charge in [0.1, 0.15) is 11.4 Å². The van der Waals surface area contributed by atoms with Crippen molar-refractivity contribution in [3.05, 3.63) is 64.7 Å². The van der Waals surface area contributed by atoms with Crippen molar-refractivity contribution in [1.82, 2.24) is 10.2 Å². The SMILES string of the molecule is CCNC1CC2(CCN(Cc3ccccc3)C2)Oc2ccc(Cl)cc21. The third-order valence-electron chi connectivity index (χ3n) is 5.34. The zero-order valence-electron chi connectivity index (χ0n) is 14.7. The quantitative estimate of drug-likeness (QED) is 0.877. The van der Waals surface area contributed by atoms with Gasteiger partial charge in [0.15, 0.2) is 0 Å². The Labute approximate surface area is 154 Å². The molecule has 25 heavy (non-hydrogen) atoms. The van der Waals surface area contributed by atoms with Gasteiger partial charge < -0.3 is 10.1 Å². The standard InChI is InChI=1S/C21H25ClN2O/c1-2-23-19-13-21(25-20-9-8-17(22)12-18(19)20)10-11-24(15-21)14-16-6-4-3-5-7-16/h3-9,12,19,23H,2,10-11,13-15H2,1H3. The van der Waals surface area contributed by atoms with Gasteiger partial charge in [-0.15, -0.1) is 0 Å². The maximum absolute atomic E-state index is 6.54. The summed E-state index contributed by atoms with van der Waals surface area (Å²) < 4.78 is 6.54. The molecule has 2 atom stereocenters. The number of fused-ring (bicyclic) bond motifs is 1. The van der Waals surface area contributed by atoms with Crippen molar-refractivity contribution in [3.63, 3.8) is 0 Å². The van der Waals surface area contributed by atoms with E-state index in [1.54, 1.807) is 0 Å². The van der Waals surface area contributed by atoms with E-state index in [1.165, 1.54) is 11.1 Å². The number of nitrogens with zero attached hydrogens (tertiary/aromatic N) is 1. The molecule has 1 fully saturated rings. The molecule has 2 heterocycles. The van der Waals surface area contributed by atoms with Crippen molar-refractivity contribution in [2.75, 3.05) is 19.6 Å². The first-order valence-electron chi connectivity index (χ1n) is 9.16. The molecule has 0 saturated carbocycles. The second kappa shape index (κ2) is 6.99. The smallest absolute Gasteiger partial charge is 0.125 e. The van der Waals surface area contributed by atoms with Gasteiger partial charge in [-0.25, -0.2) is 0 Å². The number of halogens is 1. The van der Waals surface area contributed by atoms with E-state index >= 15 is 0 Å². The number of likely N-dealkylation sites (tertiary alicyclic amines) is 1. The summed E-state index contributed by atoms with van der Waals surface area (Å²) in [6.07, 6.45) is 2.07. The van der Waals surface area contributed by atoms with Crippen molar-refractivity contribution < 1.29 is 4.74 Å². The van der Waals surface area contributed by atoms with Crippen LogP contribution in [0.5, 0.6) is 5.75 Å². The first-order chi connectivity index (χ1) is 12.2. The van der Waals surface area contributed by atoms with Gasteiger partial charge in [-0.1, -0.05) is 48.9 Å². The van der Waals surface area contributed by atoms with E-state index in [0.717, 1.165) is 49.8 Å². The molecular formula is C21H25ClN2O. The van der Waals surface area contributed by atoms with Gasteiger partial charge in [0.05, 0.1) is 0 Å². The normalized spacial score (nSPS) is 25.8. The Hall–Kier alpha value is -1.55. The van der Waals surface area contributed by atoms with Crippen molar-refractivity contribution in [2.45, 2.75) is 38.0 Å². The van der Waals surface area contributed by atoms with Gasteiger partial charge in [0.2, 0.25) is 0 Å². The predicted molar refractivity (Wildman–Crippen MR) is 102 cm³/mol. The number of hydrogen-bond acceptors (Lipinski definition) is 3. The molecule has 0 radical (unpaired) electrons. The minimum Gasteiger partial charge on any atom is -0.485 e. The summed E-state index contributed by atoms with van der Waals surface area (Å²) in [4.78, 5) is 2.51. The molecule has 2 aromatic rings. The zero-order valence-corrected chi connectivity index (χ0v) is 15.4. The molecule has 1 N–H and O–H groups in total. The van der Waals surface area contributed by atoms with Gasteiger partial charge in [-0.3, -0.25) is 4.90 Å². The van der Waals surface area contributed by atoms with E-state index in [1.807, 2.05) is 18.2 Å².